The number of carbonyl (C=O) groups excluding carboxylic acids is 1. The molecule has 0 bridgehead atoms. The summed E-state index contributed by atoms with van der Waals surface area (Å²) in [4.78, 5) is 16.3. The summed E-state index contributed by atoms with van der Waals surface area (Å²) in [6, 6.07) is 7.73. The Kier molecular flexibility index (Phi) is 8.87. The molecule has 2 aliphatic carbocycles. The van der Waals surface area contributed by atoms with E-state index in [2.05, 4.69) is 27.8 Å². The number of fused-ring (bicyclic) bond motifs is 2. The smallest absolute Gasteiger partial charge is 0.238 e. The number of ether oxygens (including phenoxy) is 2. The Bertz CT molecular complexity index is 1630. The second-order valence-corrected chi connectivity index (χ2v) is 14.1. The molecule has 6 rings (SSSR count). The number of nitrogens with zero attached hydrogens (tertiary/aromatic N) is 5. The monoisotopic (exact) mass is 620 g/mol. The van der Waals surface area contributed by atoms with E-state index in [1.54, 1.807) is 31.2 Å². The maximum absolute atomic E-state index is 15.4. The molecule has 44 heavy (non-hydrogen) atoms. The quantitative estimate of drug-likeness (QED) is 0.365. The minimum Gasteiger partial charge on any atom is -0.497 e. The molecule has 1 aliphatic heterocycles. The van der Waals surface area contributed by atoms with Crippen LogP contribution in [0.2, 0.25) is 0 Å². The Balaban J connectivity index is 1.40. The van der Waals surface area contributed by atoms with Crippen molar-refractivity contribution in [2.75, 3.05) is 38.7 Å². The molecule has 0 saturated carbocycles. The summed E-state index contributed by atoms with van der Waals surface area (Å²) in [6.45, 7) is 1.75. The number of anilines is 1. The van der Waals surface area contributed by atoms with Gasteiger partial charge in [-0.2, -0.15) is 9.46 Å². The van der Waals surface area contributed by atoms with Crippen LogP contribution in [0.25, 0.3) is 0 Å². The highest BCUT2D eigenvalue weighted by molar-refractivity contribution is 7.93. The number of benzene rings is 2. The van der Waals surface area contributed by atoms with Crippen molar-refractivity contribution < 1.29 is 18.5 Å². The first kappa shape index (κ1) is 30.5. The zero-order valence-corrected chi connectivity index (χ0v) is 27.1. The summed E-state index contributed by atoms with van der Waals surface area (Å²) < 4.78 is 37.7. The highest BCUT2D eigenvalue weighted by atomic mass is 32.2. The molecule has 1 saturated heterocycles. The molecule has 1 fully saturated rings. The second-order valence-electron chi connectivity index (χ2n) is 12.3. The zero-order valence-electron chi connectivity index (χ0n) is 26.3. The number of likely N-dealkylation sites (N-methyl/N-ethyl adjacent to an activating group) is 1. The number of aryl methyl sites for hydroxylation is 3. The normalized spacial score (nSPS) is 19.1. The number of hydrogen-bond donors (Lipinski definition) is 1. The average Bonchev–Trinajstić information content (AvgIpc) is 3.77. The number of piperidine rings is 1. The molecule has 2 unspecified atom stereocenters. The molecule has 10 nitrogen and oxygen atoms in total. The molecule has 1 aromatic heterocycles. The number of rotatable bonds is 10. The van der Waals surface area contributed by atoms with Crippen molar-refractivity contribution in [2.24, 2.45) is 11.4 Å². The summed E-state index contributed by atoms with van der Waals surface area (Å²) in [5.41, 5.74) is 7.98. The number of hydrogen-bond acceptors (Lipinski definition) is 7. The van der Waals surface area contributed by atoms with E-state index in [1.165, 1.54) is 22.3 Å². The van der Waals surface area contributed by atoms with Gasteiger partial charge in [-0.15, -0.1) is 0 Å². The fourth-order valence-electron chi connectivity index (χ4n) is 7.18. The van der Waals surface area contributed by atoms with Crippen molar-refractivity contribution in [3.63, 3.8) is 0 Å². The minimum atomic E-state index is -3.49. The van der Waals surface area contributed by atoms with Crippen molar-refractivity contribution in [2.45, 2.75) is 70.4 Å². The summed E-state index contributed by atoms with van der Waals surface area (Å²) in [6.07, 6.45) is 11.9. The predicted molar refractivity (Wildman–Crippen MR) is 172 cm³/mol. The molecule has 236 valence electrons. The van der Waals surface area contributed by atoms with E-state index in [0.29, 0.717) is 23.7 Å². The van der Waals surface area contributed by atoms with E-state index >= 15 is 4.21 Å². The molecular formula is C33H44N6O4S. The van der Waals surface area contributed by atoms with Gasteiger partial charge in [0.05, 0.1) is 45.1 Å². The van der Waals surface area contributed by atoms with Gasteiger partial charge in [-0.25, -0.2) is 4.21 Å². The summed E-state index contributed by atoms with van der Waals surface area (Å²) in [7, 11) is 3.62. The molecular weight excluding hydrogens is 576 g/mol. The lowest BCUT2D eigenvalue weighted by molar-refractivity contribution is -0.118. The van der Waals surface area contributed by atoms with E-state index in [1.807, 2.05) is 29.7 Å². The average molecular weight is 621 g/mol. The number of nitrogens with one attached hydrogen (secondary N) is 1. The molecule has 1 amide bonds. The highest BCUT2D eigenvalue weighted by Crippen LogP contribution is 2.36. The van der Waals surface area contributed by atoms with Crippen LogP contribution in [0.5, 0.6) is 11.5 Å². The molecule has 0 spiro atoms. The lowest BCUT2D eigenvalue weighted by Crippen LogP contribution is -2.54. The molecule has 0 radical (unpaired) electrons. The van der Waals surface area contributed by atoms with E-state index in [9.17, 15) is 4.79 Å². The minimum absolute atomic E-state index is 0.0851. The van der Waals surface area contributed by atoms with Gasteiger partial charge in [0, 0.05) is 31.4 Å². The van der Waals surface area contributed by atoms with Gasteiger partial charge in [0.1, 0.15) is 11.5 Å². The fraction of sp³-hybridized carbons (Fsp3) is 0.515. The Labute approximate surface area is 261 Å². The van der Waals surface area contributed by atoms with E-state index in [-0.39, 0.29) is 24.9 Å². The van der Waals surface area contributed by atoms with Gasteiger partial charge in [-0.05, 0) is 105 Å². The highest BCUT2D eigenvalue weighted by Gasteiger charge is 2.34. The first-order chi connectivity index (χ1) is 21.3. The van der Waals surface area contributed by atoms with Crippen LogP contribution < -0.4 is 18.5 Å². The van der Waals surface area contributed by atoms with Gasteiger partial charge in [0.2, 0.25) is 16.0 Å². The first-order valence-electron chi connectivity index (χ1n) is 15.6. The first-order valence-corrected chi connectivity index (χ1v) is 17.1. The van der Waals surface area contributed by atoms with Crippen molar-refractivity contribution in [3.05, 3.63) is 70.0 Å². The molecule has 2 aromatic carbocycles. The van der Waals surface area contributed by atoms with Crippen LogP contribution in [0.3, 0.4) is 0 Å². The Morgan fingerprint density at radius 2 is 1.82 bits per heavy atom. The van der Waals surface area contributed by atoms with Gasteiger partial charge >= 0.3 is 0 Å². The number of likely N-dealkylation sites (tertiary alicyclic amines) is 1. The zero-order chi connectivity index (χ0) is 30.8. The number of carbonyl (C=O) groups is 1. The van der Waals surface area contributed by atoms with Crippen LogP contribution in [0.4, 0.5) is 5.69 Å². The van der Waals surface area contributed by atoms with Crippen LogP contribution in [-0.2, 0) is 60.6 Å². The maximum Gasteiger partial charge on any atom is 0.238 e. The van der Waals surface area contributed by atoms with E-state index < -0.39 is 10.1 Å². The second kappa shape index (κ2) is 12.8. The van der Waals surface area contributed by atoms with Gasteiger partial charge < -0.3 is 14.4 Å². The molecule has 3 aromatic rings. The topological polar surface area (TPSA) is 101 Å². The summed E-state index contributed by atoms with van der Waals surface area (Å²) >= 11 is 0. The molecule has 2 heterocycles. The number of amides is 1. The molecule has 3 aliphatic rings. The van der Waals surface area contributed by atoms with Crippen molar-refractivity contribution in [1.29, 1.82) is 0 Å². The van der Waals surface area contributed by atoms with Gasteiger partial charge in [0.15, 0.2) is 0 Å². The van der Waals surface area contributed by atoms with Crippen LogP contribution >= 0.6 is 0 Å². The fourth-order valence-corrected chi connectivity index (χ4v) is 9.11. The van der Waals surface area contributed by atoms with Crippen molar-refractivity contribution in [1.82, 2.24) is 19.4 Å². The Hall–Kier alpha value is -3.57. The lowest BCUT2D eigenvalue weighted by atomic mass is 9.92. The SMILES string of the molecule is COc1ccc(CN=S(=O)(NC(=O)Cc2c3c(cc4c2CCC4)CCC3)N(c2cnn(C)c2)C2CCCN(C)C2)c(OC)c1. The third-order valence-corrected chi connectivity index (χ3v) is 11.2. The number of aromatic nitrogens is 2. The Morgan fingerprint density at radius 1 is 1.07 bits per heavy atom. The van der Waals surface area contributed by atoms with Crippen molar-refractivity contribution in [3.8, 4) is 11.5 Å². The van der Waals surface area contributed by atoms with Gasteiger partial charge in [-0.3, -0.25) is 18.5 Å². The van der Waals surface area contributed by atoms with E-state index in [0.717, 1.165) is 69.0 Å². The predicted octanol–water partition coefficient (Wildman–Crippen LogP) is 4.17. The van der Waals surface area contributed by atoms with Crippen LogP contribution in [0.1, 0.15) is 59.1 Å². The van der Waals surface area contributed by atoms with E-state index in [4.69, 9.17) is 13.8 Å². The standard InChI is InChI=1S/C33H44N6O4S/c1-37-15-7-10-26(21-37)39(27-20-34-38(2)22-27)44(41,35-19-25-13-14-28(42-3)17-32(25)43-4)36-33(40)18-31-29-11-5-8-23(29)16-24-9-6-12-30(24)31/h13-14,16-17,20,22,26H,5-12,15,18-19,21H2,1-4H3,(H,35,36,40,41). The maximum atomic E-state index is 15.4. The Morgan fingerprint density at radius 3 is 2.45 bits per heavy atom. The molecule has 11 heteroatoms. The molecule has 2 atom stereocenters. The summed E-state index contributed by atoms with van der Waals surface area (Å²) in [5, 5.41) is 4.40. The van der Waals surface area contributed by atoms with Crippen LogP contribution in [-0.4, -0.2) is 65.2 Å². The third kappa shape index (κ3) is 6.17. The third-order valence-electron chi connectivity index (χ3n) is 9.23. The summed E-state index contributed by atoms with van der Waals surface area (Å²) in [5.74, 6) is 0.972. The van der Waals surface area contributed by atoms with Crippen molar-refractivity contribution >= 4 is 21.7 Å². The van der Waals surface area contributed by atoms with Crippen LogP contribution in [0, 0.1) is 0 Å². The largest absolute Gasteiger partial charge is 0.497 e. The molecule has 1 N–H and O–H groups in total. The lowest BCUT2D eigenvalue weighted by Gasteiger charge is -2.39. The number of methoxy groups -OCH3 is 2. The van der Waals surface area contributed by atoms with Gasteiger partial charge in [0.25, 0.3) is 0 Å². The van der Waals surface area contributed by atoms with Gasteiger partial charge in [-0.1, -0.05) is 6.07 Å². The van der Waals surface area contributed by atoms with Crippen LogP contribution in [0.15, 0.2) is 41.0 Å².